The summed E-state index contributed by atoms with van der Waals surface area (Å²) in [5, 5.41) is 12.5. The third-order valence-electron chi connectivity index (χ3n) is 5.71. The van der Waals surface area contributed by atoms with Gasteiger partial charge in [-0.25, -0.2) is 0 Å². The van der Waals surface area contributed by atoms with Gasteiger partial charge in [0.25, 0.3) is 0 Å². The molecule has 2 aromatic carbocycles. The number of nitrogens with zero attached hydrogens (tertiary/aromatic N) is 3. The van der Waals surface area contributed by atoms with Gasteiger partial charge in [-0.3, -0.25) is 4.79 Å². The molecule has 1 aliphatic rings. The van der Waals surface area contributed by atoms with Crippen molar-refractivity contribution in [3.63, 3.8) is 0 Å². The Morgan fingerprint density at radius 1 is 1.14 bits per heavy atom. The maximum atomic E-state index is 12.4. The summed E-state index contributed by atoms with van der Waals surface area (Å²) in [6.07, 6.45) is 2.92. The molecule has 0 spiro atoms. The van der Waals surface area contributed by atoms with Crippen molar-refractivity contribution in [3.8, 4) is 0 Å². The SMILES string of the molecule is CCn1c(CCC(=O)Nc2cccc(Cl)c2C)nnc1C1Cc2ccccc2C1. The van der Waals surface area contributed by atoms with E-state index >= 15 is 0 Å². The summed E-state index contributed by atoms with van der Waals surface area (Å²) < 4.78 is 2.18. The Balaban J connectivity index is 1.42. The van der Waals surface area contributed by atoms with Crippen molar-refractivity contribution in [2.75, 3.05) is 5.32 Å². The van der Waals surface area contributed by atoms with Crippen LogP contribution >= 0.6 is 11.6 Å². The maximum absolute atomic E-state index is 12.4. The summed E-state index contributed by atoms with van der Waals surface area (Å²) >= 11 is 6.14. The fraction of sp³-hybridized carbons (Fsp3) is 0.348. The van der Waals surface area contributed by atoms with Crippen LogP contribution < -0.4 is 5.32 Å². The van der Waals surface area contributed by atoms with Crippen LogP contribution in [-0.4, -0.2) is 20.7 Å². The summed E-state index contributed by atoms with van der Waals surface area (Å²) in [6, 6.07) is 14.1. The van der Waals surface area contributed by atoms with Gasteiger partial charge in [0.05, 0.1) is 0 Å². The zero-order chi connectivity index (χ0) is 20.4. The highest BCUT2D eigenvalue weighted by Gasteiger charge is 2.27. The van der Waals surface area contributed by atoms with E-state index in [0.717, 1.165) is 42.3 Å². The van der Waals surface area contributed by atoms with E-state index in [2.05, 4.69) is 51.3 Å². The van der Waals surface area contributed by atoms with Crippen molar-refractivity contribution in [3.05, 3.63) is 75.8 Å². The highest BCUT2D eigenvalue weighted by Crippen LogP contribution is 2.33. The van der Waals surface area contributed by atoms with Crippen LogP contribution in [0.5, 0.6) is 0 Å². The highest BCUT2D eigenvalue weighted by atomic mass is 35.5. The third-order valence-corrected chi connectivity index (χ3v) is 6.12. The van der Waals surface area contributed by atoms with Gasteiger partial charge in [0.15, 0.2) is 0 Å². The van der Waals surface area contributed by atoms with E-state index in [1.54, 1.807) is 0 Å². The standard InChI is InChI=1S/C23H25ClN4O/c1-3-28-21(11-12-22(29)25-20-10-6-9-19(24)15(20)2)26-27-23(28)18-13-16-7-4-5-8-17(16)14-18/h4-10,18H,3,11-14H2,1-2H3,(H,25,29). The molecule has 0 aliphatic heterocycles. The molecule has 4 rings (SSSR count). The molecule has 1 aliphatic carbocycles. The van der Waals surface area contributed by atoms with E-state index in [4.69, 9.17) is 11.6 Å². The van der Waals surface area contributed by atoms with Crippen molar-refractivity contribution in [1.29, 1.82) is 0 Å². The Bertz CT molecular complexity index is 1020. The maximum Gasteiger partial charge on any atom is 0.224 e. The van der Waals surface area contributed by atoms with E-state index < -0.39 is 0 Å². The molecule has 1 amide bonds. The number of carbonyl (C=O) groups is 1. The van der Waals surface area contributed by atoms with E-state index in [-0.39, 0.29) is 5.91 Å². The summed E-state index contributed by atoms with van der Waals surface area (Å²) in [5.41, 5.74) is 4.44. The number of aromatic nitrogens is 3. The Hall–Kier alpha value is -2.66. The molecule has 5 nitrogen and oxygen atoms in total. The first-order valence-electron chi connectivity index (χ1n) is 10.1. The van der Waals surface area contributed by atoms with E-state index in [1.165, 1.54) is 11.1 Å². The quantitative estimate of drug-likeness (QED) is 0.642. The van der Waals surface area contributed by atoms with E-state index in [0.29, 0.717) is 23.8 Å². The molecule has 1 aromatic heterocycles. The molecule has 0 bridgehead atoms. The average Bonchev–Trinajstić information content (AvgIpc) is 3.33. The molecule has 0 unspecified atom stereocenters. The Labute approximate surface area is 176 Å². The predicted octanol–water partition coefficient (Wildman–Crippen LogP) is 4.71. The summed E-state index contributed by atoms with van der Waals surface area (Å²) in [5.74, 6) is 2.22. The second kappa shape index (κ2) is 8.37. The molecule has 0 fully saturated rings. The van der Waals surface area contributed by atoms with Crippen molar-refractivity contribution >= 4 is 23.2 Å². The smallest absolute Gasteiger partial charge is 0.224 e. The number of hydrogen-bond acceptors (Lipinski definition) is 3. The Morgan fingerprint density at radius 2 is 1.86 bits per heavy atom. The van der Waals surface area contributed by atoms with Gasteiger partial charge < -0.3 is 9.88 Å². The van der Waals surface area contributed by atoms with Gasteiger partial charge in [-0.05, 0) is 55.5 Å². The van der Waals surface area contributed by atoms with Gasteiger partial charge >= 0.3 is 0 Å². The number of halogens is 1. The number of hydrogen-bond donors (Lipinski definition) is 1. The number of aryl methyl sites for hydroxylation is 1. The minimum Gasteiger partial charge on any atom is -0.326 e. The number of benzene rings is 2. The lowest BCUT2D eigenvalue weighted by Gasteiger charge is -2.12. The van der Waals surface area contributed by atoms with Crippen LogP contribution in [-0.2, 0) is 30.6 Å². The largest absolute Gasteiger partial charge is 0.326 e. The summed E-state index contributed by atoms with van der Waals surface area (Å²) in [6.45, 7) is 4.81. The van der Waals surface area contributed by atoms with Gasteiger partial charge in [-0.2, -0.15) is 0 Å². The minimum absolute atomic E-state index is 0.0455. The van der Waals surface area contributed by atoms with Crippen LogP contribution in [0.15, 0.2) is 42.5 Å². The van der Waals surface area contributed by atoms with Crippen molar-refractivity contribution < 1.29 is 4.79 Å². The molecular formula is C23H25ClN4O. The molecule has 29 heavy (non-hydrogen) atoms. The average molecular weight is 409 g/mol. The van der Waals surface area contributed by atoms with Crippen molar-refractivity contribution in [1.82, 2.24) is 14.8 Å². The van der Waals surface area contributed by atoms with Gasteiger partial charge in [-0.15, -0.1) is 10.2 Å². The molecule has 3 aromatic rings. The van der Waals surface area contributed by atoms with Gasteiger partial charge in [0, 0.05) is 36.0 Å². The minimum atomic E-state index is -0.0455. The molecule has 150 valence electrons. The van der Waals surface area contributed by atoms with Crippen molar-refractivity contribution in [2.24, 2.45) is 0 Å². The summed E-state index contributed by atoms with van der Waals surface area (Å²) in [7, 11) is 0. The van der Waals surface area contributed by atoms with E-state index in [1.807, 2.05) is 25.1 Å². The van der Waals surface area contributed by atoms with Crippen LogP contribution in [0.2, 0.25) is 5.02 Å². The first-order chi connectivity index (χ1) is 14.1. The van der Waals surface area contributed by atoms with Crippen LogP contribution in [0.3, 0.4) is 0 Å². The monoisotopic (exact) mass is 408 g/mol. The fourth-order valence-corrected chi connectivity index (χ4v) is 4.28. The lowest BCUT2D eigenvalue weighted by molar-refractivity contribution is -0.116. The zero-order valence-electron chi connectivity index (χ0n) is 16.8. The highest BCUT2D eigenvalue weighted by molar-refractivity contribution is 6.31. The predicted molar refractivity (Wildman–Crippen MR) is 115 cm³/mol. The van der Waals surface area contributed by atoms with Crippen LogP contribution in [0.1, 0.15) is 47.6 Å². The Kier molecular flexibility index (Phi) is 5.67. The lowest BCUT2D eigenvalue weighted by atomic mass is 10.1. The number of nitrogens with one attached hydrogen (secondary N) is 1. The van der Waals surface area contributed by atoms with E-state index in [9.17, 15) is 4.79 Å². The van der Waals surface area contributed by atoms with Crippen molar-refractivity contribution in [2.45, 2.75) is 52.0 Å². The van der Waals surface area contributed by atoms with Gasteiger partial charge in [0.1, 0.15) is 11.6 Å². The topological polar surface area (TPSA) is 59.8 Å². The zero-order valence-corrected chi connectivity index (χ0v) is 17.5. The lowest BCUT2D eigenvalue weighted by Crippen LogP contribution is -2.16. The number of carbonyl (C=O) groups excluding carboxylic acids is 1. The molecule has 0 saturated carbocycles. The molecular weight excluding hydrogens is 384 g/mol. The van der Waals surface area contributed by atoms with Crippen LogP contribution in [0.4, 0.5) is 5.69 Å². The molecule has 0 saturated heterocycles. The molecule has 0 atom stereocenters. The second-order valence-corrected chi connectivity index (χ2v) is 7.96. The summed E-state index contributed by atoms with van der Waals surface area (Å²) in [4.78, 5) is 12.4. The normalized spacial score (nSPS) is 13.5. The number of rotatable bonds is 6. The molecule has 6 heteroatoms. The first-order valence-corrected chi connectivity index (χ1v) is 10.5. The molecule has 1 N–H and O–H groups in total. The molecule has 1 heterocycles. The van der Waals surface area contributed by atoms with Crippen LogP contribution in [0.25, 0.3) is 0 Å². The fourth-order valence-electron chi connectivity index (χ4n) is 4.10. The third kappa shape index (κ3) is 4.06. The first kappa shape index (κ1) is 19.6. The number of fused-ring (bicyclic) bond motifs is 1. The van der Waals surface area contributed by atoms with Crippen LogP contribution in [0, 0.1) is 6.92 Å². The second-order valence-electron chi connectivity index (χ2n) is 7.55. The number of anilines is 1. The van der Waals surface area contributed by atoms with Gasteiger partial charge in [0.2, 0.25) is 5.91 Å². The number of amides is 1. The van der Waals surface area contributed by atoms with Gasteiger partial charge in [-0.1, -0.05) is 41.9 Å². The Morgan fingerprint density at radius 3 is 2.55 bits per heavy atom. The molecule has 0 radical (unpaired) electrons.